The maximum absolute atomic E-state index is 5.73. The number of likely N-dealkylation sites (tertiary alicyclic amines) is 1. The van der Waals surface area contributed by atoms with Crippen molar-refractivity contribution in [3.8, 4) is 11.5 Å². The molecule has 1 fully saturated rings. The molecule has 1 heterocycles. The Morgan fingerprint density at radius 2 is 2.00 bits per heavy atom. The lowest BCUT2D eigenvalue weighted by Crippen LogP contribution is -2.37. The van der Waals surface area contributed by atoms with E-state index in [0.29, 0.717) is 19.3 Å². The molecule has 5 heteroatoms. The molecule has 0 amide bonds. The van der Waals surface area contributed by atoms with E-state index in [1.54, 1.807) is 0 Å². The fourth-order valence-corrected chi connectivity index (χ4v) is 3.80. The average Bonchev–Trinajstić information content (AvgIpc) is 2.98. The number of benzene rings is 1. The van der Waals surface area contributed by atoms with Gasteiger partial charge in [0, 0.05) is 19.1 Å². The molecule has 0 aliphatic carbocycles. The van der Waals surface area contributed by atoms with E-state index in [1.807, 2.05) is 13.8 Å². The first-order valence-electron chi connectivity index (χ1n) is 8.72. The first-order valence-corrected chi connectivity index (χ1v) is 9.51. The zero-order valence-corrected chi connectivity index (χ0v) is 16.1. The summed E-state index contributed by atoms with van der Waals surface area (Å²) in [5.41, 5.74) is 1.21. The lowest BCUT2D eigenvalue weighted by Gasteiger charge is -2.23. The van der Waals surface area contributed by atoms with E-state index < -0.39 is 0 Å². The number of nitrogens with zero attached hydrogens (tertiary/aromatic N) is 1. The van der Waals surface area contributed by atoms with E-state index in [2.05, 4.69) is 45.2 Å². The van der Waals surface area contributed by atoms with Gasteiger partial charge in [0.2, 0.25) is 0 Å². The molecule has 1 aromatic rings. The molecule has 130 valence electrons. The zero-order chi connectivity index (χ0) is 16.7. The van der Waals surface area contributed by atoms with Crippen molar-refractivity contribution in [2.24, 2.45) is 0 Å². The molecule has 2 rings (SSSR count). The average molecular weight is 385 g/mol. The van der Waals surface area contributed by atoms with Gasteiger partial charge in [0.1, 0.15) is 0 Å². The van der Waals surface area contributed by atoms with Crippen LogP contribution in [0.15, 0.2) is 16.6 Å². The molecule has 1 N–H and O–H groups in total. The van der Waals surface area contributed by atoms with Crippen molar-refractivity contribution in [3.63, 3.8) is 0 Å². The molecule has 23 heavy (non-hydrogen) atoms. The molecule has 1 aliphatic heterocycles. The Morgan fingerprint density at radius 1 is 1.22 bits per heavy atom. The molecular weight excluding hydrogens is 356 g/mol. The number of rotatable bonds is 9. The summed E-state index contributed by atoms with van der Waals surface area (Å²) in [6, 6.07) is 4.88. The largest absolute Gasteiger partial charge is 0.490 e. The van der Waals surface area contributed by atoms with Crippen molar-refractivity contribution in [3.05, 3.63) is 22.2 Å². The first-order chi connectivity index (χ1) is 11.2. The zero-order valence-electron chi connectivity index (χ0n) is 14.5. The molecule has 0 bridgehead atoms. The van der Waals surface area contributed by atoms with Gasteiger partial charge in [-0.2, -0.15) is 0 Å². The van der Waals surface area contributed by atoms with Crippen molar-refractivity contribution in [2.75, 3.05) is 32.8 Å². The van der Waals surface area contributed by atoms with Crippen molar-refractivity contribution in [1.29, 1.82) is 0 Å². The van der Waals surface area contributed by atoms with Gasteiger partial charge in [0.25, 0.3) is 0 Å². The van der Waals surface area contributed by atoms with Gasteiger partial charge in [0.05, 0.1) is 17.7 Å². The molecule has 0 radical (unpaired) electrons. The third kappa shape index (κ3) is 5.10. The fraction of sp³-hybridized carbons (Fsp3) is 0.667. The third-order valence-corrected chi connectivity index (χ3v) is 4.86. The summed E-state index contributed by atoms with van der Waals surface area (Å²) in [5, 5.41) is 3.60. The highest BCUT2D eigenvalue weighted by molar-refractivity contribution is 9.10. The summed E-state index contributed by atoms with van der Waals surface area (Å²) in [6.07, 6.45) is 2.63. The summed E-state index contributed by atoms with van der Waals surface area (Å²) < 4.78 is 12.4. The van der Waals surface area contributed by atoms with E-state index in [-0.39, 0.29) is 0 Å². The minimum atomic E-state index is 0.630. The van der Waals surface area contributed by atoms with Gasteiger partial charge in [-0.05, 0) is 73.4 Å². The van der Waals surface area contributed by atoms with Crippen molar-refractivity contribution in [1.82, 2.24) is 10.2 Å². The molecule has 1 aliphatic rings. The van der Waals surface area contributed by atoms with E-state index in [4.69, 9.17) is 9.47 Å². The Morgan fingerprint density at radius 3 is 2.70 bits per heavy atom. The SMILES string of the molecule is CCOc1cc(CNCC2CCCN2CC)cc(Br)c1OCC. The Balaban J connectivity index is 1.96. The smallest absolute Gasteiger partial charge is 0.175 e. The summed E-state index contributed by atoms with van der Waals surface area (Å²) >= 11 is 3.61. The van der Waals surface area contributed by atoms with Crippen LogP contribution in [0.5, 0.6) is 11.5 Å². The van der Waals surface area contributed by atoms with Gasteiger partial charge in [-0.3, -0.25) is 4.90 Å². The second-order valence-corrected chi connectivity index (χ2v) is 6.68. The number of nitrogens with one attached hydrogen (secondary N) is 1. The van der Waals surface area contributed by atoms with Crippen LogP contribution in [0.2, 0.25) is 0 Å². The summed E-state index contributed by atoms with van der Waals surface area (Å²) in [6.45, 7) is 11.8. The number of hydrogen-bond acceptors (Lipinski definition) is 4. The number of halogens is 1. The maximum atomic E-state index is 5.73. The summed E-state index contributed by atoms with van der Waals surface area (Å²) in [5.74, 6) is 1.61. The highest BCUT2D eigenvalue weighted by Gasteiger charge is 2.22. The highest BCUT2D eigenvalue weighted by atomic mass is 79.9. The lowest BCUT2D eigenvalue weighted by atomic mass is 10.1. The lowest BCUT2D eigenvalue weighted by molar-refractivity contribution is 0.259. The molecular formula is C18H29BrN2O2. The molecule has 0 aromatic heterocycles. The Labute approximate surface area is 148 Å². The van der Waals surface area contributed by atoms with Crippen molar-refractivity contribution >= 4 is 15.9 Å². The predicted octanol–water partition coefficient (Wildman–Crippen LogP) is 3.82. The predicted molar refractivity (Wildman–Crippen MR) is 98.5 cm³/mol. The van der Waals surface area contributed by atoms with Crippen LogP contribution in [0.4, 0.5) is 0 Å². The Kier molecular flexibility index (Phi) is 7.66. The van der Waals surface area contributed by atoms with Gasteiger partial charge in [-0.15, -0.1) is 0 Å². The Hall–Kier alpha value is -0.780. The topological polar surface area (TPSA) is 33.7 Å². The monoisotopic (exact) mass is 384 g/mol. The van der Waals surface area contributed by atoms with Crippen LogP contribution < -0.4 is 14.8 Å². The first kappa shape index (κ1) is 18.6. The van der Waals surface area contributed by atoms with Crippen LogP contribution in [0, 0.1) is 0 Å². The quantitative estimate of drug-likeness (QED) is 0.701. The van der Waals surface area contributed by atoms with Crippen LogP contribution in [0.3, 0.4) is 0 Å². The number of hydrogen-bond donors (Lipinski definition) is 1. The minimum absolute atomic E-state index is 0.630. The van der Waals surface area contributed by atoms with Crippen LogP contribution in [-0.4, -0.2) is 43.8 Å². The van der Waals surface area contributed by atoms with E-state index in [9.17, 15) is 0 Å². The van der Waals surface area contributed by atoms with Crippen molar-refractivity contribution < 1.29 is 9.47 Å². The van der Waals surface area contributed by atoms with Gasteiger partial charge < -0.3 is 14.8 Å². The van der Waals surface area contributed by atoms with E-state index in [1.165, 1.54) is 24.9 Å². The molecule has 1 atom stereocenters. The molecule has 1 saturated heterocycles. The second kappa shape index (κ2) is 9.50. The number of likely N-dealkylation sites (N-methyl/N-ethyl adjacent to an activating group) is 1. The highest BCUT2D eigenvalue weighted by Crippen LogP contribution is 2.37. The van der Waals surface area contributed by atoms with E-state index >= 15 is 0 Å². The summed E-state index contributed by atoms with van der Waals surface area (Å²) in [4.78, 5) is 2.56. The van der Waals surface area contributed by atoms with Gasteiger partial charge >= 0.3 is 0 Å². The standard InChI is InChI=1S/C18H29BrN2O2/c1-4-21-9-7-8-15(21)13-20-12-14-10-16(19)18(23-6-3)17(11-14)22-5-2/h10-11,15,20H,4-9,12-13H2,1-3H3. The van der Waals surface area contributed by atoms with Gasteiger partial charge in [-0.25, -0.2) is 0 Å². The van der Waals surface area contributed by atoms with Gasteiger partial charge in [0.15, 0.2) is 11.5 Å². The molecule has 0 spiro atoms. The molecule has 1 unspecified atom stereocenters. The third-order valence-electron chi connectivity index (χ3n) is 4.27. The molecule has 0 saturated carbocycles. The van der Waals surface area contributed by atoms with Gasteiger partial charge in [-0.1, -0.05) is 6.92 Å². The van der Waals surface area contributed by atoms with Crippen LogP contribution in [0.25, 0.3) is 0 Å². The normalized spacial score (nSPS) is 18.3. The van der Waals surface area contributed by atoms with Crippen LogP contribution in [0.1, 0.15) is 39.2 Å². The van der Waals surface area contributed by atoms with Crippen LogP contribution >= 0.6 is 15.9 Å². The van der Waals surface area contributed by atoms with E-state index in [0.717, 1.165) is 35.6 Å². The van der Waals surface area contributed by atoms with Crippen LogP contribution in [-0.2, 0) is 6.54 Å². The summed E-state index contributed by atoms with van der Waals surface area (Å²) in [7, 11) is 0. The second-order valence-electron chi connectivity index (χ2n) is 5.83. The fourth-order valence-electron chi connectivity index (χ4n) is 3.20. The maximum Gasteiger partial charge on any atom is 0.175 e. The van der Waals surface area contributed by atoms with Crippen molar-refractivity contribution in [2.45, 2.75) is 46.2 Å². The minimum Gasteiger partial charge on any atom is -0.490 e. The Bertz CT molecular complexity index is 496. The molecule has 4 nitrogen and oxygen atoms in total. The molecule has 1 aromatic carbocycles. The number of ether oxygens (including phenoxy) is 2.